The molecule has 1 amide bonds. The molecule has 1 aliphatic rings. The molecule has 5 aromatic carbocycles. The van der Waals surface area contributed by atoms with E-state index in [0.29, 0.717) is 24.9 Å². The molecule has 7 rings (SSSR count). The van der Waals surface area contributed by atoms with Crippen molar-refractivity contribution in [1.29, 1.82) is 0 Å². The highest BCUT2D eigenvalue weighted by atomic mass is 16.4. The maximum Gasteiger partial charge on any atom is 0.327 e. The van der Waals surface area contributed by atoms with Gasteiger partial charge in [0, 0.05) is 35.4 Å². The van der Waals surface area contributed by atoms with Crippen molar-refractivity contribution in [2.24, 2.45) is 0 Å². The number of benzene rings is 5. The van der Waals surface area contributed by atoms with Gasteiger partial charge in [0.05, 0.1) is 0 Å². The molecule has 1 aromatic heterocycles. The number of hydrogen-bond acceptors (Lipinski definition) is 3. The number of hydrogen-bond donors (Lipinski definition) is 1. The summed E-state index contributed by atoms with van der Waals surface area (Å²) < 4.78 is 6.33. The Labute approximate surface area is 256 Å². The summed E-state index contributed by atoms with van der Waals surface area (Å²) in [5.74, 6) is -0.519. The summed E-state index contributed by atoms with van der Waals surface area (Å²) in [6.45, 7) is 0.410. The smallest absolute Gasteiger partial charge is 0.327 e. The van der Waals surface area contributed by atoms with Gasteiger partial charge in [-0.2, -0.15) is 0 Å². The molecular weight excluding hydrogens is 546 g/mol. The number of aliphatic carboxylic acids is 1. The highest BCUT2D eigenvalue weighted by Crippen LogP contribution is 2.38. The van der Waals surface area contributed by atoms with E-state index in [0.717, 1.165) is 44.5 Å². The van der Waals surface area contributed by atoms with Crippen molar-refractivity contribution in [3.05, 3.63) is 156 Å². The summed E-state index contributed by atoms with van der Waals surface area (Å²) in [5.41, 5.74) is 7.69. The Hall–Kier alpha value is -5.42. The maximum absolute atomic E-state index is 13.5. The predicted octanol–water partition coefficient (Wildman–Crippen LogP) is 8.44. The number of rotatable bonds is 7. The fourth-order valence-corrected chi connectivity index (χ4v) is 6.49. The van der Waals surface area contributed by atoms with Crippen LogP contribution >= 0.6 is 0 Å². The summed E-state index contributed by atoms with van der Waals surface area (Å²) in [6, 6.07) is 43.0. The molecule has 44 heavy (non-hydrogen) atoms. The Morgan fingerprint density at radius 1 is 0.705 bits per heavy atom. The van der Waals surface area contributed by atoms with Crippen LogP contribution in [0.25, 0.3) is 33.2 Å². The van der Waals surface area contributed by atoms with E-state index >= 15 is 0 Å². The lowest BCUT2D eigenvalue weighted by Gasteiger charge is -2.25. The summed E-state index contributed by atoms with van der Waals surface area (Å²) >= 11 is 0. The van der Waals surface area contributed by atoms with Gasteiger partial charge in [-0.05, 0) is 52.4 Å². The Kier molecular flexibility index (Phi) is 7.29. The van der Waals surface area contributed by atoms with Crippen LogP contribution in [0.5, 0.6) is 0 Å². The monoisotopic (exact) mass is 577 g/mol. The van der Waals surface area contributed by atoms with Crippen LogP contribution in [-0.2, 0) is 11.2 Å². The van der Waals surface area contributed by atoms with Crippen molar-refractivity contribution in [1.82, 2.24) is 4.90 Å². The van der Waals surface area contributed by atoms with Crippen LogP contribution in [0.15, 0.2) is 138 Å². The average Bonchev–Trinajstić information content (AvgIpc) is 3.68. The lowest BCUT2D eigenvalue weighted by Crippen LogP contribution is -2.42. The van der Waals surface area contributed by atoms with Crippen molar-refractivity contribution < 1.29 is 19.1 Å². The fourth-order valence-electron chi connectivity index (χ4n) is 6.49. The Morgan fingerprint density at radius 3 is 1.98 bits per heavy atom. The van der Waals surface area contributed by atoms with Crippen LogP contribution < -0.4 is 0 Å². The number of fused-ring (bicyclic) bond motifs is 1. The zero-order chi connectivity index (χ0) is 30.0. The van der Waals surface area contributed by atoms with Crippen molar-refractivity contribution in [2.75, 3.05) is 6.54 Å². The SMILES string of the molecule is O=C(O)[C@@H]1C(c2ccccc2)CCN1C(=O)c1ccc(-c2ccc(-c3c(Cc4ccccc4)oc4ccccc34)cc2)cc1. The number of amides is 1. The van der Waals surface area contributed by atoms with Gasteiger partial charge in [-0.25, -0.2) is 4.79 Å². The number of carbonyl (C=O) groups excluding carboxylic acids is 1. The second kappa shape index (κ2) is 11.7. The topological polar surface area (TPSA) is 70.8 Å². The summed E-state index contributed by atoms with van der Waals surface area (Å²) in [6.07, 6.45) is 1.32. The second-order valence-electron chi connectivity index (χ2n) is 11.3. The zero-order valence-electron chi connectivity index (χ0n) is 24.1. The molecule has 0 aliphatic carbocycles. The maximum atomic E-state index is 13.5. The molecule has 1 saturated heterocycles. The van der Waals surface area contributed by atoms with Gasteiger partial charge in [-0.1, -0.05) is 115 Å². The van der Waals surface area contributed by atoms with Gasteiger partial charge in [0.15, 0.2) is 0 Å². The molecule has 1 N–H and O–H groups in total. The van der Waals surface area contributed by atoms with Crippen LogP contribution in [0.1, 0.15) is 39.6 Å². The number of carboxylic acids is 1. The molecule has 0 radical (unpaired) electrons. The molecule has 5 nitrogen and oxygen atoms in total. The van der Waals surface area contributed by atoms with Gasteiger partial charge < -0.3 is 14.4 Å². The average molecular weight is 578 g/mol. The highest BCUT2D eigenvalue weighted by Gasteiger charge is 2.42. The van der Waals surface area contributed by atoms with Gasteiger partial charge in [0.2, 0.25) is 0 Å². The van der Waals surface area contributed by atoms with E-state index in [1.807, 2.05) is 78.9 Å². The first-order valence-corrected chi connectivity index (χ1v) is 14.9. The van der Waals surface area contributed by atoms with Crippen molar-refractivity contribution >= 4 is 22.8 Å². The Morgan fingerprint density at radius 2 is 1.30 bits per heavy atom. The van der Waals surface area contributed by atoms with E-state index < -0.39 is 12.0 Å². The molecule has 0 spiro atoms. The van der Waals surface area contributed by atoms with Gasteiger partial charge in [0.1, 0.15) is 17.4 Å². The largest absolute Gasteiger partial charge is 0.480 e. The van der Waals surface area contributed by atoms with Gasteiger partial charge in [-0.15, -0.1) is 0 Å². The first-order chi connectivity index (χ1) is 21.6. The molecule has 6 aromatic rings. The van der Waals surface area contributed by atoms with E-state index in [1.165, 1.54) is 10.5 Å². The molecule has 0 saturated carbocycles. The summed E-state index contributed by atoms with van der Waals surface area (Å²) in [5, 5.41) is 11.1. The van der Waals surface area contributed by atoms with Crippen molar-refractivity contribution in [2.45, 2.75) is 24.8 Å². The van der Waals surface area contributed by atoms with E-state index in [2.05, 4.69) is 42.5 Å². The normalized spacial score (nSPS) is 16.3. The number of likely N-dealkylation sites (tertiary alicyclic amines) is 1. The third-order valence-electron chi connectivity index (χ3n) is 8.65. The Balaban J connectivity index is 1.13. The van der Waals surface area contributed by atoms with Crippen molar-refractivity contribution in [3.63, 3.8) is 0 Å². The highest BCUT2D eigenvalue weighted by molar-refractivity contribution is 5.98. The molecule has 2 atom stereocenters. The standard InChI is InChI=1S/C39H31NO4/c41-38(40-24-23-32(37(40)39(42)43)29-11-5-2-6-12-29)31-21-17-28(18-22-31)27-15-19-30(20-16-27)36-33-13-7-8-14-34(33)44-35(36)25-26-9-3-1-4-10-26/h1-22,32,37H,23-25H2,(H,42,43)/t32?,37-/m0/s1. The first kappa shape index (κ1) is 27.4. The second-order valence-corrected chi connectivity index (χ2v) is 11.3. The van der Waals surface area contributed by atoms with Crippen LogP contribution in [0.4, 0.5) is 0 Å². The molecule has 1 fully saturated rings. The molecule has 216 valence electrons. The van der Waals surface area contributed by atoms with E-state index in [9.17, 15) is 14.7 Å². The summed E-state index contributed by atoms with van der Waals surface area (Å²) in [7, 11) is 0. The van der Waals surface area contributed by atoms with Crippen LogP contribution in [0, 0.1) is 0 Å². The van der Waals surface area contributed by atoms with Crippen LogP contribution in [0.3, 0.4) is 0 Å². The van der Waals surface area contributed by atoms with Gasteiger partial charge in [0.25, 0.3) is 5.91 Å². The molecule has 2 heterocycles. The third kappa shape index (κ3) is 5.18. The van der Waals surface area contributed by atoms with Crippen LogP contribution in [-0.4, -0.2) is 34.5 Å². The lowest BCUT2D eigenvalue weighted by molar-refractivity contribution is -0.141. The number of carboxylic acid groups (broad SMARTS) is 1. The first-order valence-electron chi connectivity index (χ1n) is 14.9. The molecular formula is C39H31NO4. The number of carbonyl (C=O) groups is 2. The quantitative estimate of drug-likeness (QED) is 0.207. The fraction of sp³-hybridized carbons (Fsp3) is 0.128. The molecule has 0 bridgehead atoms. The lowest BCUT2D eigenvalue weighted by atomic mass is 9.91. The molecule has 1 unspecified atom stereocenters. The number of furan rings is 1. The Bertz CT molecular complexity index is 1930. The van der Waals surface area contributed by atoms with Gasteiger partial charge >= 0.3 is 5.97 Å². The van der Waals surface area contributed by atoms with E-state index in [1.54, 1.807) is 12.1 Å². The van der Waals surface area contributed by atoms with E-state index in [-0.39, 0.29) is 11.8 Å². The summed E-state index contributed by atoms with van der Waals surface area (Å²) in [4.78, 5) is 27.3. The predicted molar refractivity (Wildman–Crippen MR) is 173 cm³/mol. The minimum Gasteiger partial charge on any atom is -0.480 e. The molecule has 5 heteroatoms. The van der Waals surface area contributed by atoms with Gasteiger partial charge in [-0.3, -0.25) is 4.79 Å². The minimum absolute atomic E-state index is 0.226. The third-order valence-corrected chi connectivity index (χ3v) is 8.65. The molecule has 1 aliphatic heterocycles. The van der Waals surface area contributed by atoms with Crippen LogP contribution in [0.2, 0.25) is 0 Å². The zero-order valence-corrected chi connectivity index (χ0v) is 24.1. The number of para-hydroxylation sites is 1. The minimum atomic E-state index is -0.973. The number of nitrogens with zero attached hydrogens (tertiary/aromatic N) is 1. The van der Waals surface area contributed by atoms with Crippen molar-refractivity contribution in [3.8, 4) is 22.3 Å². The van der Waals surface area contributed by atoms with E-state index in [4.69, 9.17) is 4.42 Å².